The molecule has 5 rings (SSSR count). The summed E-state index contributed by atoms with van der Waals surface area (Å²) in [5.41, 5.74) is 9.02. The average molecular weight is 507 g/mol. The van der Waals surface area contributed by atoms with E-state index in [2.05, 4.69) is 15.6 Å². The number of carboxylic acid groups (broad SMARTS) is 1. The van der Waals surface area contributed by atoms with E-state index in [9.17, 15) is 24.3 Å². The molecule has 9 nitrogen and oxygen atoms in total. The lowest BCUT2D eigenvalue weighted by Crippen LogP contribution is -2.37. The number of rotatable bonds is 5. The number of amidine groups is 1. The molecule has 0 radical (unpaired) electrons. The molecular formula is C29H22N4O5. The van der Waals surface area contributed by atoms with Crippen LogP contribution in [0.4, 0.5) is 11.4 Å². The minimum Gasteiger partial charge on any atom is -0.478 e. The van der Waals surface area contributed by atoms with Crippen molar-refractivity contribution in [2.45, 2.75) is 13.8 Å². The Morgan fingerprint density at radius 3 is 2.24 bits per heavy atom. The lowest BCUT2D eigenvalue weighted by atomic mass is 9.85. The molecular weight excluding hydrogens is 484 g/mol. The van der Waals surface area contributed by atoms with Crippen molar-refractivity contribution in [1.82, 2.24) is 5.32 Å². The van der Waals surface area contributed by atoms with Crippen molar-refractivity contribution < 1.29 is 24.3 Å². The highest BCUT2D eigenvalue weighted by molar-refractivity contribution is 6.33. The molecule has 0 saturated heterocycles. The molecule has 0 unspecified atom stereocenters. The number of nitrogens with two attached hydrogens (primary N) is 1. The monoisotopic (exact) mass is 506 g/mol. The molecule has 5 N–H and O–H groups in total. The normalized spacial score (nSPS) is 12.8. The third-order valence-corrected chi connectivity index (χ3v) is 6.26. The summed E-state index contributed by atoms with van der Waals surface area (Å²) in [6, 6.07) is 18.5. The molecule has 0 atom stereocenters. The van der Waals surface area contributed by atoms with Crippen LogP contribution in [0.1, 0.15) is 58.1 Å². The van der Waals surface area contributed by atoms with Gasteiger partial charge in [0.25, 0.3) is 17.7 Å². The Hall–Kier alpha value is -5.31. The Morgan fingerprint density at radius 1 is 0.842 bits per heavy atom. The Labute approximate surface area is 217 Å². The molecule has 3 amide bonds. The summed E-state index contributed by atoms with van der Waals surface area (Å²) in [6.07, 6.45) is 0. The van der Waals surface area contributed by atoms with Gasteiger partial charge in [-0.3, -0.25) is 19.7 Å². The molecule has 1 aliphatic heterocycles. The Balaban J connectivity index is 1.83. The Bertz CT molecular complexity index is 1740. The lowest BCUT2D eigenvalue weighted by Gasteiger charge is -2.22. The number of hydrogen-bond acceptors (Lipinski definition) is 5. The summed E-state index contributed by atoms with van der Waals surface area (Å²) in [5, 5.41) is 15.2. The van der Waals surface area contributed by atoms with E-state index in [1.807, 2.05) is 26.0 Å². The SMILES string of the molecule is Cc1cccc(N=C(N)c2cc(C(=O)O)c3c4c(ccc(C(=O)Nc5cccc(C)c5)c24)C(=O)NC3=O)c1. The van der Waals surface area contributed by atoms with Crippen molar-refractivity contribution in [1.29, 1.82) is 0 Å². The quantitative estimate of drug-likeness (QED) is 0.180. The van der Waals surface area contributed by atoms with Crippen LogP contribution in [0.15, 0.2) is 71.7 Å². The largest absolute Gasteiger partial charge is 0.478 e. The van der Waals surface area contributed by atoms with E-state index >= 15 is 0 Å². The maximum absolute atomic E-state index is 13.5. The molecule has 0 fully saturated rings. The maximum atomic E-state index is 13.5. The molecule has 4 aromatic carbocycles. The van der Waals surface area contributed by atoms with E-state index < -0.39 is 23.7 Å². The van der Waals surface area contributed by atoms with Crippen molar-refractivity contribution in [2.24, 2.45) is 10.7 Å². The van der Waals surface area contributed by atoms with Gasteiger partial charge in [-0.1, -0.05) is 24.3 Å². The zero-order chi connectivity index (χ0) is 27.1. The second-order valence-electron chi connectivity index (χ2n) is 9.01. The fourth-order valence-electron chi connectivity index (χ4n) is 4.60. The van der Waals surface area contributed by atoms with Crippen LogP contribution in [0.2, 0.25) is 0 Å². The van der Waals surface area contributed by atoms with Crippen molar-refractivity contribution in [3.63, 3.8) is 0 Å². The zero-order valence-corrected chi connectivity index (χ0v) is 20.5. The fraction of sp³-hybridized carbons (Fsp3) is 0.0690. The number of hydrogen-bond donors (Lipinski definition) is 4. The van der Waals surface area contributed by atoms with Crippen LogP contribution in [0, 0.1) is 13.8 Å². The van der Waals surface area contributed by atoms with Crippen LogP contribution in [-0.2, 0) is 0 Å². The van der Waals surface area contributed by atoms with Gasteiger partial charge in [0.05, 0.1) is 16.8 Å². The van der Waals surface area contributed by atoms with Gasteiger partial charge in [0, 0.05) is 33.2 Å². The maximum Gasteiger partial charge on any atom is 0.336 e. The lowest BCUT2D eigenvalue weighted by molar-refractivity contribution is 0.0687. The van der Waals surface area contributed by atoms with Crippen molar-refractivity contribution in [2.75, 3.05) is 5.32 Å². The molecule has 1 aliphatic rings. The van der Waals surface area contributed by atoms with Gasteiger partial charge in [0.1, 0.15) is 5.84 Å². The second kappa shape index (κ2) is 9.29. The number of carbonyl (C=O) groups excluding carboxylic acids is 3. The van der Waals surface area contributed by atoms with E-state index in [1.165, 1.54) is 18.2 Å². The van der Waals surface area contributed by atoms with Crippen LogP contribution in [0.3, 0.4) is 0 Å². The number of benzene rings is 4. The summed E-state index contributed by atoms with van der Waals surface area (Å²) < 4.78 is 0. The highest BCUT2D eigenvalue weighted by Gasteiger charge is 2.33. The number of aromatic carboxylic acids is 1. The van der Waals surface area contributed by atoms with E-state index in [4.69, 9.17) is 5.73 Å². The Morgan fingerprint density at radius 2 is 1.55 bits per heavy atom. The minimum absolute atomic E-state index is 0.0351. The molecule has 38 heavy (non-hydrogen) atoms. The Kier molecular flexibility index (Phi) is 5.96. The number of amides is 3. The van der Waals surface area contributed by atoms with Gasteiger partial charge in [-0.2, -0.15) is 0 Å². The topological polar surface area (TPSA) is 151 Å². The summed E-state index contributed by atoms with van der Waals surface area (Å²) in [7, 11) is 0. The fourth-order valence-corrected chi connectivity index (χ4v) is 4.60. The average Bonchev–Trinajstić information content (AvgIpc) is 2.86. The van der Waals surface area contributed by atoms with Crippen LogP contribution in [-0.4, -0.2) is 34.6 Å². The molecule has 9 heteroatoms. The van der Waals surface area contributed by atoms with Gasteiger partial charge in [0.2, 0.25) is 0 Å². The van der Waals surface area contributed by atoms with Gasteiger partial charge in [0.15, 0.2) is 0 Å². The van der Waals surface area contributed by atoms with Crippen molar-refractivity contribution >= 4 is 51.7 Å². The first-order valence-electron chi connectivity index (χ1n) is 11.7. The van der Waals surface area contributed by atoms with E-state index in [1.54, 1.807) is 36.4 Å². The molecule has 0 spiro atoms. The zero-order valence-electron chi connectivity index (χ0n) is 20.5. The predicted octanol–water partition coefficient (Wildman–Crippen LogP) is 4.33. The first-order chi connectivity index (χ1) is 18.1. The molecule has 0 bridgehead atoms. The molecule has 4 aromatic rings. The standard InChI is InChI=1S/C29H22N4O5/c1-14-5-3-7-16(11-14)31-25(30)20-13-21(29(37)38)24-23-19(27(35)33-28(24)36)10-9-18(22(20)23)26(34)32-17-8-4-6-15(2)12-17/h3-13H,1-2H3,(H2,30,31)(H,32,34)(H,37,38)(H,33,35,36). The number of carboxylic acids is 1. The number of anilines is 1. The van der Waals surface area contributed by atoms with E-state index in [0.717, 1.165) is 11.1 Å². The smallest absolute Gasteiger partial charge is 0.336 e. The van der Waals surface area contributed by atoms with E-state index in [-0.39, 0.29) is 44.4 Å². The number of aryl methyl sites for hydroxylation is 2. The summed E-state index contributed by atoms with van der Waals surface area (Å²) >= 11 is 0. The molecule has 0 saturated carbocycles. The van der Waals surface area contributed by atoms with Crippen LogP contribution < -0.4 is 16.4 Å². The second-order valence-corrected chi connectivity index (χ2v) is 9.01. The number of nitrogens with one attached hydrogen (secondary N) is 2. The van der Waals surface area contributed by atoms with Gasteiger partial charge >= 0.3 is 5.97 Å². The van der Waals surface area contributed by atoms with E-state index in [0.29, 0.717) is 11.4 Å². The van der Waals surface area contributed by atoms with Crippen LogP contribution >= 0.6 is 0 Å². The highest BCUT2D eigenvalue weighted by atomic mass is 16.4. The third kappa shape index (κ3) is 4.26. The number of carbonyl (C=O) groups is 4. The third-order valence-electron chi connectivity index (χ3n) is 6.26. The van der Waals surface area contributed by atoms with Crippen molar-refractivity contribution in [3.8, 4) is 0 Å². The van der Waals surface area contributed by atoms with Gasteiger partial charge < -0.3 is 16.2 Å². The number of imide groups is 1. The summed E-state index contributed by atoms with van der Waals surface area (Å²) in [6.45, 7) is 3.77. The van der Waals surface area contributed by atoms with Gasteiger partial charge in [-0.15, -0.1) is 0 Å². The first kappa shape index (κ1) is 24.4. The molecule has 0 aliphatic carbocycles. The summed E-state index contributed by atoms with van der Waals surface area (Å²) in [5.74, 6) is -3.58. The molecule has 188 valence electrons. The first-order valence-corrected chi connectivity index (χ1v) is 11.7. The summed E-state index contributed by atoms with van der Waals surface area (Å²) in [4.78, 5) is 55.8. The molecule has 0 aromatic heterocycles. The minimum atomic E-state index is -1.39. The predicted molar refractivity (Wildman–Crippen MR) is 143 cm³/mol. The van der Waals surface area contributed by atoms with Gasteiger partial charge in [-0.05, 0) is 67.4 Å². The van der Waals surface area contributed by atoms with Crippen LogP contribution in [0.25, 0.3) is 10.8 Å². The number of aliphatic imine (C=N–C) groups is 1. The van der Waals surface area contributed by atoms with Crippen LogP contribution in [0.5, 0.6) is 0 Å². The van der Waals surface area contributed by atoms with Crippen molar-refractivity contribution in [3.05, 3.63) is 106 Å². The highest BCUT2D eigenvalue weighted by Crippen LogP contribution is 2.35. The molecule has 1 heterocycles. The van der Waals surface area contributed by atoms with Gasteiger partial charge in [-0.25, -0.2) is 9.79 Å². The number of nitrogens with zero attached hydrogens (tertiary/aromatic N) is 1.